The largest absolute Gasteiger partial charge is 0.493 e. The number of aliphatic carboxylic acids is 1. The minimum Gasteiger partial charge on any atom is -0.493 e. The lowest BCUT2D eigenvalue weighted by molar-refractivity contribution is -0.156. The third-order valence-corrected chi connectivity index (χ3v) is 8.96. The Labute approximate surface area is 248 Å². The Hall–Kier alpha value is -4.75. The van der Waals surface area contributed by atoms with Crippen LogP contribution in [0.1, 0.15) is 67.2 Å². The number of nitrogens with two attached hydrogens (primary N) is 1. The van der Waals surface area contributed by atoms with Gasteiger partial charge >= 0.3 is 12.1 Å². The number of nitrogen functional groups attached to an aromatic ring is 1. The molecule has 3 aliphatic carbocycles. The molecular formula is C30H28F4N6O4. The zero-order valence-corrected chi connectivity index (χ0v) is 23.5. The average molecular weight is 613 g/mol. The molecule has 0 radical (unpaired) electrons. The molecule has 230 valence electrons. The number of aromatic nitrogens is 4. The molecule has 7 rings (SSSR count). The maximum Gasteiger partial charge on any atom is 0.416 e. The zero-order valence-electron chi connectivity index (χ0n) is 23.5. The molecule has 3 fully saturated rings. The molecule has 3 saturated carbocycles. The summed E-state index contributed by atoms with van der Waals surface area (Å²) >= 11 is 0. The third-order valence-electron chi connectivity index (χ3n) is 8.96. The van der Waals surface area contributed by atoms with Crippen molar-refractivity contribution in [3.63, 3.8) is 0 Å². The topological polar surface area (TPSA) is 145 Å². The van der Waals surface area contributed by atoms with Crippen LogP contribution in [-0.2, 0) is 16.4 Å². The van der Waals surface area contributed by atoms with Crippen molar-refractivity contribution in [2.45, 2.75) is 57.0 Å². The number of hydrogen-bond acceptors (Lipinski definition) is 7. The lowest BCUT2D eigenvalue weighted by atomic mass is 9.53. The Bertz CT molecular complexity index is 1780. The van der Waals surface area contributed by atoms with Gasteiger partial charge in [0.2, 0.25) is 0 Å². The minimum absolute atomic E-state index is 0.0977. The van der Waals surface area contributed by atoms with Crippen molar-refractivity contribution in [2.75, 3.05) is 17.7 Å². The normalized spacial score (nSPS) is 21.4. The molecule has 0 unspecified atom stereocenters. The van der Waals surface area contributed by atoms with Gasteiger partial charge in [0.05, 0.1) is 23.1 Å². The van der Waals surface area contributed by atoms with Gasteiger partial charge in [-0.25, -0.2) is 19.3 Å². The summed E-state index contributed by atoms with van der Waals surface area (Å²) in [5.41, 5.74) is 4.55. The van der Waals surface area contributed by atoms with E-state index >= 15 is 4.39 Å². The van der Waals surface area contributed by atoms with Gasteiger partial charge in [-0.05, 0) is 69.7 Å². The van der Waals surface area contributed by atoms with Crippen LogP contribution in [0.2, 0.25) is 0 Å². The van der Waals surface area contributed by atoms with Gasteiger partial charge in [-0.15, -0.1) is 0 Å². The number of hydrogen-bond donors (Lipinski definition) is 3. The summed E-state index contributed by atoms with van der Waals surface area (Å²) in [6.45, 7) is 1.84. The van der Waals surface area contributed by atoms with Crippen LogP contribution in [0.25, 0.3) is 16.8 Å². The Kier molecular flexibility index (Phi) is 6.97. The first-order valence-corrected chi connectivity index (χ1v) is 14.1. The maximum absolute atomic E-state index is 15.7. The summed E-state index contributed by atoms with van der Waals surface area (Å²) in [6.07, 6.45) is 2.82. The second-order valence-corrected chi connectivity index (χ2v) is 11.3. The van der Waals surface area contributed by atoms with Gasteiger partial charge in [-0.2, -0.15) is 13.2 Å². The van der Waals surface area contributed by atoms with E-state index in [1.54, 1.807) is 13.1 Å². The molecular weight excluding hydrogens is 584 g/mol. The lowest BCUT2D eigenvalue weighted by Gasteiger charge is -2.50. The van der Waals surface area contributed by atoms with Crippen LogP contribution in [0.3, 0.4) is 0 Å². The van der Waals surface area contributed by atoms with Gasteiger partial charge in [-0.3, -0.25) is 14.0 Å². The Morgan fingerprint density at radius 2 is 1.80 bits per heavy atom. The first-order valence-electron chi connectivity index (χ1n) is 14.1. The van der Waals surface area contributed by atoms with Crippen LogP contribution < -0.4 is 15.8 Å². The molecule has 2 bridgehead atoms. The molecule has 3 heterocycles. The van der Waals surface area contributed by atoms with Crippen LogP contribution >= 0.6 is 0 Å². The number of ether oxygens (including phenoxy) is 1. The lowest BCUT2D eigenvalue weighted by Crippen LogP contribution is -2.48. The number of benzene rings is 1. The molecule has 4 aromatic rings. The molecule has 1 amide bonds. The van der Waals surface area contributed by atoms with Crippen LogP contribution in [0.15, 0.2) is 42.9 Å². The van der Waals surface area contributed by atoms with Gasteiger partial charge < -0.3 is 20.9 Å². The third kappa shape index (κ3) is 4.77. The number of fused-ring (bicyclic) bond motifs is 4. The van der Waals surface area contributed by atoms with Crippen molar-refractivity contribution in [2.24, 2.45) is 5.41 Å². The van der Waals surface area contributed by atoms with E-state index in [0.717, 1.165) is 24.4 Å². The van der Waals surface area contributed by atoms with Crippen LogP contribution in [0, 0.1) is 11.2 Å². The van der Waals surface area contributed by atoms with Gasteiger partial charge in [0.15, 0.2) is 0 Å². The first kappa shape index (κ1) is 29.3. The highest BCUT2D eigenvalue weighted by Crippen LogP contribution is 2.58. The smallest absolute Gasteiger partial charge is 0.416 e. The molecule has 0 atom stereocenters. The molecule has 44 heavy (non-hydrogen) atoms. The molecule has 0 spiro atoms. The predicted octanol–water partition coefficient (Wildman–Crippen LogP) is 5.86. The second kappa shape index (κ2) is 10.5. The van der Waals surface area contributed by atoms with Crippen molar-refractivity contribution in [3.05, 3.63) is 65.6 Å². The molecule has 1 aromatic carbocycles. The summed E-state index contributed by atoms with van der Waals surface area (Å²) in [4.78, 5) is 38.0. The fourth-order valence-corrected chi connectivity index (χ4v) is 6.51. The standard InChI is InChI=1S/C30H28F4N6O4/c1-2-44-20-15-17(25(41)38-21-13-16(3-10-36-21)30(32,33)34)19(31)14-18(20)22-23-24(35)37-11-12-40(23)26(39-22)28-4-7-29(8-5-28,9-6-28)27(42)43/h3,10-15H,2,4-9H2,1H3,(H2,35,37)(H,42,43)(H,36,38,41). The van der Waals surface area contributed by atoms with Crippen molar-refractivity contribution in [1.29, 1.82) is 0 Å². The SMILES string of the molecule is CCOc1cc(C(=O)Nc2cc(C(F)(F)F)ccn2)c(F)cc1-c1nc(C23CCC(C(=O)O)(CC2)CC3)n2ccnc(N)c12. The number of carboxylic acids is 1. The Balaban J connectivity index is 1.42. The number of anilines is 2. The van der Waals surface area contributed by atoms with Gasteiger partial charge in [0.25, 0.3) is 5.91 Å². The van der Waals surface area contributed by atoms with E-state index in [0.29, 0.717) is 55.9 Å². The average Bonchev–Trinajstić information content (AvgIpc) is 3.40. The maximum atomic E-state index is 15.7. The van der Waals surface area contributed by atoms with Crippen molar-refractivity contribution in [1.82, 2.24) is 19.4 Å². The monoisotopic (exact) mass is 612 g/mol. The highest BCUT2D eigenvalue weighted by molar-refractivity contribution is 6.05. The molecule has 3 aromatic heterocycles. The van der Waals surface area contributed by atoms with Crippen LogP contribution in [-0.4, -0.2) is 42.9 Å². The summed E-state index contributed by atoms with van der Waals surface area (Å²) in [6, 6.07) is 3.64. The quantitative estimate of drug-likeness (QED) is 0.220. The van der Waals surface area contributed by atoms with E-state index < -0.39 is 51.6 Å². The number of halogens is 4. The summed E-state index contributed by atoms with van der Waals surface area (Å²) in [5, 5.41) is 12.1. The Morgan fingerprint density at radius 1 is 1.09 bits per heavy atom. The number of rotatable bonds is 7. The molecule has 14 heteroatoms. The number of carboxylic acid groups (broad SMARTS) is 1. The number of alkyl halides is 3. The minimum atomic E-state index is -4.66. The van der Waals surface area contributed by atoms with Gasteiger partial charge in [0.1, 0.15) is 40.2 Å². The molecule has 0 aliphatic heterocycles. The van der Waals surface area contributed by atoms with Crippen molar-refractivity contribution >= 4 is 29.0 Å². The fourth-order valence-electron chi connectivity index (χ4n) is 6.51. The molecule has 0 saturated heterocycles. The number of nitrogens with one attached hydrogen (secondary N) is 1. The van der Waals surface area contributed by atoms with Crippen LogP contribution in [0.5, 0.6) is 5.75 Å². The number of imidazole rings is 1. The van der Waals surface area contributed by atoms with E-state index in [1.807, 2.05) is 4.40 Å². The zero-order chi connectivity index (χ0) is 31.4. The summed E-state index contributed by atoms with van der Waals surface area (Å²) < 4.78 is 62.7. The summed E-state index contributed by atoms with van der Waals surface area (Å²) in [7, 11) is 0. The molecule has 4 N–H and O–H groups in total. The Morgan fingerprint density at radius 3 is 2.43 bits per heavy atom. The highest BCUT2D eigenvalue weighted by atomic mass is 19.4. The van der Waals surface area contributed by atoms with Crippen molar-refractivity contribution in [3.8, 4) is 17.0 Å². The first-order chi connectivity index (χ1) is 20.9. The van der Waals surface area contributed by atoms with Gasteiger partial charge in [-0.1, -0.05) is 0 Å². The molecule has 10 nitrogen and oxygen atoms in total. The van der Waals surface area contributed by atoms with E-state index in [9.17, 15) is 27.9 Å². The second-order valence-electron chi connectivity index (χ2n) is 11.3. The summed E-state index contributed by atoms with van der Waals surface area (Å²) in [5.74, 6) is -2.29. The van der Waals surface area contributed by atoms with Gasteiger partial charge in [0, 0.05) is 29.6 Å². The van der Waals surface area contributed by atoms with Crippen LogP contribution in [0.4, 0.5) is 29.2 Å². The van der Waals surface area contributed by atoms with E-state index in [2.05, 4.69) is 15.3 Å². The number of pyridine rings is 1. The van der Waals surface area contributed by atoms with E-state index in [4.69, 9.17) is 15.5 Å². The van der Waals surface area contributed by atoms with Crippen molar-refractivity contribution < 1.29 is 37.0 Å². The highest BCUT2D eigenvalue weighted by Gasteiger charge is 2.55. The predicted molar refractivity (Wildman–Crippen MR) is 151 cm³/mol. The number of carbonyl (C=O) groups is 2. The van der Waals surface area contributed by atoms with E-state index in [1.165, 1.54) is 6.20 Å². The molecule has 3 aliphatic rings. The number of carbonyl (C=O) groups excluding carboxylic acids is 1. The van der Waals surface area contributed by atoms with E-state index in [-0.39, 0.29) is 29.4 Å². The number of amides is 1. The fraction of sp³-hybridized carbons (Fsp3) is 0.367. The number of nitrogens with zero attached hydrogens (tertiary/aromatic N) is 4.